The largest absolute Gasteiger partial charge is 0.481 e. The lowest BCUT2D eigenvalue weighted by Crippen LogP contribution is -2.40. The molecule has 2 unspecified atom stereocenters. The third kappa shape index (κ3) is 5.89. The maximum atomic E-state index is 12.9. The van der Waals surface area contributed by atoms with Crippen LogP contribution in [0.3, 0.4) is 0 Å². The number of halogens is 1. The average Bonchev–Trinajstić information content (AvgIpc) is 3.25. The highest BCUT2D eigenvalue weighted by Gasteiger charge is 2.26. The Labute approximate surface area is 204 Å². The van der Waals surface area contributed by atoms with Crippen molar-refractivity contribution in [3.8, 4) is 11.4 Å². The Morgan fingerprint density at radius 1 is 1.06 bits per heavy atom. The lowest BCUT2D eigenvalue weighted by molar-refractivity contribution is -0.121. The van der Waals surface area contributed by atoms with Crippen molar-refractivity contribution in [2.24, 2.45) is 0 Å². The fraction of sp³-hybridized carbons (Fsp3) is 0.400. The van der Waals surface area contributed by atoms with Gasteiger partial charge in [-0.25, -0.2) is 0 Å². The smallest absolute Gasteiger partial charge is 0.233 e. The molecule has 3 aromatic rings. The van der Waals surface area contributed by atoms with Crippen molar-refractivity contribution in [3.05, 3.63) is 65.4 Å². The Hall–Kier alpha value is -2.51. The Bertz CT molecular complexity index is 1070. The van der Waals surface area contributed by atoms with Crippen LogP contribution in [0.25, 0.3) is 5.69 Å². The highest BCUT2D eigenvalue weighted by atomic mass is 35.5. The second-order valence-corrected chi connectivity index (χ2v) is 10.0. The maximum absolute atomic E-state index is 12.9. The average molecular weight is 485 g/mol. The zero-order valence-corrected chi connectivity index (χ0v) is 20.5. The number of hydrogen-bond donors (Lipinski definition) is 1. The van der Waals surface area contributed by atoms with Crippen LogP contribution in [-0.4, -0.2) is 32.0 Å². The number of thioether (sulfide) groups is 1. The number of carbonyl (C=O) groups is 1. The van der Waals surface area contributed by atoms with Crippen LogP contribution in [-0.2, 0) is 4.79 Å². The monoisotopic (exact) mass is 484 g/mol. The fourth-order valence-corrected chi connectivity index (χ4v) is 5.07. The summed E-state index contributed by atoms with van der Waals surface area (Å²) in [6.07, 6.45) is 5.34. The van der Waals surface area contributed by atoms with Crippen molar-refractivity contribution in [1.82, 2.24) is 20.1 Å². The van der Waals surface area contributed by atoms with Crippen molar-refractivity contribution in [3.63, 3.8) is 0 Å². The highest BCUT2D eigenvalue weighted by molar-refractivity contribution is 8.00. The van der Waals surface area contributed by atoms with Crippen LogP contribution >= 0.6 is 23.4 Å². The molecule has 4 rings (SSSR count). The molecule has 1 amide bonds. The van der Waals surface area contributed by atoms with E-state index in [2.05, 4.69) is 15.5 Å². The van der Waals surface area contributed by atoms with Gasteiger partial charge in [-0.2, -0.15) is 0 Å². The van der Waals surface area contributed by atoms with E-state index in [1.165, 1.54) is 31.0 Å². The topological polar surface area (TPSA) is 69.0 Å². The van der Waals surface area contributed by atoms with Crippen LogP contribution < -0.4 is 10.1 Å². The minimum absolute atomic E-state index is 0.0384. The van der Waals surface area contributed by atoms with E-state index in [0.717, 1.165) is 18.5 Å². The molecule has 0 aliphatic heterocycles. The van der Waals surface area contributed by atoms with E-state index >= 15 is 0 Å². The second-order valence-electron chi connectivity index (χ2n) is 8.31. The number of nitrogens with one attached hydrogen (secondary N) is 1. The molecule has 2 aromatic carbocycles. The summed E-state index contributed by atoms with van der Waals surface area (Å²) in [4.78, 5) is 12.9. The van der Waals surface area contributed by atoms with Crippen LogP contribution in [0.1, 0.15) is 57.9 Å². The third-order valence-electron chi connectivity index (χ3n) is 5.78. The number of carbonyl (C=O) groups excluding carboxylic acids is 1. The van der Waals surface area contributed by atoms with E-state index in [-0.39, 0.29) is 17.2 Å². The van der Waals surface area contributed by atoms with E-state index in [1.807, 2.05) is 66.9 Å². The van der Waals surface area contributed by atoms with Gasteiger partial charge in [0.2, 0.25) is 5.91 Å². The molecule has 0 bridgehead atoms. The first-order valence-electron chi connectivity index (χ1n) is 11.4. The summed E-state index contributed by atoms with van der Waals surface area (Å²) in [6.45, 7) is 3.83. The van der Waals surface area contributed by atoms with Crippen LogP contribution in [0.4, 0.5) is 0 Å². The number of benzene rings is 2. The van der Waals surface area contributed by atoms with E-state index in [4.69, 9.17) is 16.3 Å². The first kappa shape index (κ1) is 23.6. The molecule has 1 heterocycles. The van der Waals surface area contributed by atoms with Crippen LogP contribution in [0.15, 0.2) is 59.8 Å². The zero-order chi connectivity index (χ0) is 23.2. The van der Waals surface area contributed by atoms with E-state index in [1.54, 1.807) is 6.07 Å². The van der Waals surface area contributed by atoms with Crippen molar-refractivity contribution in [2.75, 3.05) is 0 Å². The van der Waals surface area contributed by atoms with Crippen LogP contribution in [0.5, 0.6) is 5.75 Å². The van der Waals surface area contributed by atoms with Gasteiger partial charge in [-0.1, -0.05) is 73.0 Å². The van der Waals surface area contributed by atoms with Gasteiger partial charge in [0.05, 0.1) is 10.3 Å². The van der Waals surface area contributed by atoms with Crippen LogP contribution in [0.2, 0.25) is 5.02 Å². The predicted molar refractivity (Wildman–Crippen MR) is 132 cm³/mol. The predicted octanol–water partition coefficient (Wildman–Crippen LogP) is 5.99. The molecule has 0 radical (unpaired) electrons. The summed E-state index contributed by atoms with van der Waals surface area (Å²) in [5.41, 5.74) is 0.912. The van der Waals surface area contributed by atoms with E-state index in [9.17, 15) is 4.79 Å². The van der Waals surface area contributed by atoms with Gasteiger partial charge in [0, 0.05) is 11.7 Å². The number of amides is 1. The molecule has 8 heteroatoms. The summed E-state index contributed by atoms with van der Waals surface area (Å²) in [7, 11) is 0. The number of hydrogen-bond acceptors (Lipinski definition) is 5. The van der Waals surface area contributed by atoms with Crippen molar-refractivity contribution in [2.45, 2.75) is 68.5 Å². The normalized spacial score (nSPS) is 16.2. The molecule has 1 N–H and O–H groups in total. The SMILES string of the molecule is CC(Sc1nnc(C(C)Oc2ccccc2Cl)n1-c1ccccc1)C(=O)NC1CCCCC1. The molecule has 1 fully saturated rings. The van der Waals surface area contributed by atoms with Crippen molar-refractivity contribution in [1.29, 1.82) is 0 Å². The van der Waals surface area contributed by atoms with Gasteiger partial charge in [0.15, 0.2) is 17.1 Å². The molecule has 1 aliphatic carbocycles. The molecule has 0 spiro atoms. The Morgan fingerprint density at radius 3 is 2.48 bits per heavy atom. The number of rotatable bonds is 8. The van der Waals surface area contributed by atoms with Crippen molar-refractivity contribution >= 4 is 29.3 Å². The maximum Gasteiger partial charge on any atom is 0.233 e. The highest BCUT2D eigenvalue weighted by Crippen LogP contribution is 2.32. The van der Waals surface area contributed by atoms with E-state index in [0.29, 0.717) is 21.8 Å². The van der Waals surface area contributed by atoms with E-state index < -0.39 is 6.10 Å². The Balaban J connectivity index is 1.56. The second kappa shape index (κ2) is 11.1. The summed E-state index contributed by atoms with van der Waals surface area (Å²) in [6, 6.07) is 17.5. The summed E-state index contributed by atoms with van der Waals surface area (Å²) < 4.78 is 8.07. The Morgan fingerprint density at radius 2 is 1.76 bits per heavy atom. The number of nitrogens with zero attached hydrogens (tertiary/aromatic N) is 3. The standard InChI is InChI=1S/C25H29ClN4O2S/c1-17(32-22-16-10-9-15-21(22)26)23-28-29-25(30(23)20-13-7-4-8-14-20)33-18(2)24(31)27-19-11-5-3-6-12-19/h4,7-10,13-19H,3,5-6,11-12H2,1-2H3,(H,27,31). The van der Waals surface area contributed by atoms with Gasteiger partial charge >= 0.3 is 0 Å². The molecule has 2 atom stereocenters. The first-order chi connectivity index (χ1) is 16.0. The molecule has 174 valence electrons. The lowest BCUT2D eigenvalue weighted by atomic mass is 9.95. The molecular weight excluding hydrogens is 456 g/mol. The quantitative estimate of drug-likeness (QED) is 0.397. The van der Waals surface area contributed by atoms with Gasteiger partial charge in [-0.15, -0.1) is 10.2 Å². The van der Waals surface area contributed by atoms with Gasteiger partial charge < -0.3 is 10.1 Å². The first-order valence-corrected chi connectivity index (χ1v) is 12.7. The zero-order valence-electron chi connectivity index (χ0n) is 18.9. The minimum Gasteiger partial charge on any atom is -0.481 e. The van der Waals surface area contributed by atoms with Crippen LogP contribution in [0, 0.1) is 0 Å². The summed E-state index contributed by atoms with van der Waals surface area (Å²) >= 11 is 7.69. The third-order valence-corrected chi connectivity index (χ3v) is 7.13. The van der Waals surface area contributed by atoms with Crippen molar-refractivity contribution < 1.29 is 9.53 Å². The molecular formula is C25H29ClN4O2S. The lowest BCUT2D eigenvalue weighted by Gasteiger charge is -2.24. The molecule has 33 heavy (non-hydrogen) atoms. The number of para-hydroxylation sites is 2. The number of ether oxygens (including phenoxy) is 1. The molecule has 0 saturated heterocycles. The minimum atomic E-state index is -0.404. The van der Waals surface area contributed by atoms with Gasteiger partial charge in [-0.3, -0.25) is 9.36 Å². The summed E-state index contributed by atoms with van der Waals surface area (Å²) in [5, 5.41) is 13.0. The fourth-order valence-electron chi connectivity index (χ4n) is 4.00. The van der Waals surface area contributed by atoms with Gasteiger partial charge in [0.1, 0.15) is 5.75 Å². The molecule has 6 nitrogen and oxygen atoms in total. The Kier molecular flexibility index (Phi) is 7.93. The molecule has 1 aromatic heterocycles. The van der Waals surface area contributed by atoms with Gasteiger partial charge in [-0.05, 0) is 51.0 Å². The van der Waals surface area contributed by atoms with Gasteiger partial charge in [0.25, 0.3) is 0 Å². The molecule has 1 aliphatic rings. The number of aromatic nitrogens is 3. The summed E-state index contributed by atoms with van der Waals surface area (Å²) in [5.74, 6) is 1.27. The molecule has 1 saturated carbocycles.